The Hall–Kier alpha value is -2.37. The fourth-order valence-corrected chi connectivity index (χ4v) is 3.83. The summed E-state index contributed by atoms with van der Waals surface area (Å²) in [5.41, 5.74) is 3.59. The molecule has 0 unspecified atom stereocenters. The molecule has 0 bridgehead atoms. The average Bonchev–Trinajstić information content (AvgIpc) is 2.86. The highest BCUT2D eigenvalue weighted by atomic mass is 16.4. The fraction of sp³-hybridized carbons (Fsp3) is 0.591. The predicted octanol–water partition coefficient (Wildman–Crippen LogP) is 3.80. The zero-order valence-electron chi connectivity index (χ0n) is 17.4. The Morgan fingerprint density at radius 2 is 2.04 bits per heavy atom. The van der Waals surface area contributed by atoms with Crippen LogP contribution in [0.3, 0.4) is 0 Å². The second kappa shape index (κ2) is 8.76. The van der Waals surface area contributed by atoms with Crippen molar-refractivity contribution in [2.45, 2.75) is 72.3 Å². The standard InChI is InChI=1S/C22H31N3O3/c1-14(2)10-11-16-12-15(3)20(22(27)28-16)21(26)25(4)13-19-17-8-6-5-7-9-18(17)23-24-19/h12,14H,5-11,13H2,1-4H3,(H,23,24). The zero-order valence-corrected chi connectivity index (χ0v) is 17.4. The Kier molecular flexibility index (Phi) is 6.37. The van der Waals surface area contributed by atoms with E-state index in [-0.39, 0.29) is 11.5 Å². The van der Waals surface area contributed by atoms with E-state index in [1.54, 1.807) is 18.9 Å². The summed E-state index contributed by atoms with van der Waals surface area (Å²) in [6.45, 7) is 6.46. The van der Waals surface area contributed by atoms with Crippen molar-refractivity contribution in [1.29, 1.82) is 0 Å². The van der Waals surface area contributed by atoms with Gasteiger partial charge in [0.05, 0.1) is 12.2 Å². The first-order chi connectivity index (χ1) is 13.4. The molecular formula is C22H31N3O3. The molecular weight excluding hydrogens is 354 g/mol. The van der Waals surface area contributed by atoms with Gasteiger partial charge in [0.2, 0.25) is 0 Å². The highest BCUT2D eigenvalue weighted by Gasteiger charge is 2.23. The van der Waals surface area contributed by atoms with Gasteiger partial charge in [0.25, 0.3) is 5.91 Å². The summed E-state index contributed by atoms with van der Waals surface area (Å²) in [6, 6.07) is 1.82. The van der Waals surface area contributed by atoms with E-state index < -0.39 is 5.63 Å². The Morgan fingerprint density at radius 1 is 1.29 bits per heavy atom. The number of H-pyrrole nitrogens is 1. The molecule has 2 aromatic rings. The van der Waals surface area contributed by atoms with Crippen LogP contribution < -0.4 is 5.63 Å². The molecule has 6 heteroatoms. The zero-order chi connectivity index (χ0) is 20.3. The molecule has 0 fully saturated rings. The van der Waals surface area contributed by atoms with Gasteiger partial charge in [-0.3, -0.25) is 9.89 Å². The molecule has 6 nitrogen and oxygen atoms in total. The molecule has 0 saturated carbocycles. The minimum Gasteiger partial charge on any atom is -0.427 e. The van der Waals surface area contributed by atoms with Crippen LogP contribution in [0.15, 0.2) is 15.3 Å². The van der Waals surface area contributed by atoms with Gasteiger partial charge in [-0.1, -0.05) is 20.3 Å². The highest BCUT2D eigenvalue weighted by Crippen LogP contribution is 2.23. The van der Waals surface area contributed by atoms with Crippen molar-refractivity contribution in [3.05, 3.63) is 50.3 Å². The van der Waals surface area contributed by atoms with Crippen LogP contribution in [-0.2, 0) is 25.8 Å². The molecule has 0 atom stereocenters. The van der Waals surface area contributed by atoms with Crippen LogP contribution in [-0.4, -0.2) is 28.1 Å². The SMILES string of the molecule is Cc1cc(CCC(C)C)oc(=O)c1C(=O)N(C)Cc1n[nH]c2c1CCCCC2. The van der Waals surface area contributed by atoms with Crippen molar-refractivity contribution in [2.75, 3.05) is 7.05 Å². The first-order valence-electron chi connectivity index (χ1n) is 10.3. The maximum absolute atomic E-state index is 13.0. The van der Waals surface area contributed by atoms with Gasteiger partial charge in [-0.25, -0.2) is 4.79 Å². The number of amides is 1. The number of nitrogens with zero attached hydrogens (tertiary/aromatic N) is 2. The third-order valence-electron chi connectivity index (χ3n) is 5.51. The third-order valence-corrected chi connectivity index (χ3v) is 5.51. The summed E-state index contributed by atoms with van der Waals surface area (Å²) in [6.07, 6.45) is 7.21. The van der Waals surface area contributed by atoms with Gasteiger partial charge in [0.15, 0.2) is 0 Å². The number of fused-ring (bicyclic) bond motifs is 1. The van der Waals surface area contributed by atoms with Gasteiger partial charge in [0, 0.05) is 19.2 Å². The van der Waals surface area contributed by atoms with E-state index in [9.17, 15) is 9.59 Å². The molecule has 0 spiro atoms. The minimum absolute atomic E-state index is 0.123. The molecule has 0 aliphatic heterocycles. The Morgan fingerprint density at radius 3 is 2.75 bits per heavy atom. The summed E-state index contributed by atoms with van der Waals surface area (Å²) < 4.78 is 5.43. The van der Waals surface area contributed by atoms with E-state index in [1.165, 1.54) is 24.1 Å². The highest BCUT2D eigenvalue weighted by molar-refractivity contribution is 5.94. The molecule has 1 aliphatic rings. The van der Waals surface area contributed by atoms with Crippen LogP contribution in [0.1, 0.15) is 78.2 Å². The number of nitrogens with one attached hydrogen (secondary N) is 1. The molecule has 1 aliphatic carbocycles. The van der Waals surface area contributed by atoms with Gasteiger partial charge < -0.3 is 9.32 Å². The first-order valence-corrected chi connectivity index (χ1v) is 10.3. The molecule has 152 valence electrons. The maximum Gasteiger partial charge on any atom is 0.349 e. The number of carbonyl (C=O) groups excluding carboxylic acids is 1. The second-order valence-corrected chi connectivity index (χ2v) is 8.34. The van der Waals surface area contributed by atoms with Crippen molar-refractivity contribution >= 4 is 5.91 Å². The lowest BCUT2D eigenvalue weighted by atomic mass is 10.0. The van der Waals surface area contributed by atoms with E-state index in [0.29, 0.717) is 30.2 Å². The van der Waals surface area contributed by atoms with Gasteiger partial charge >= 0.3 is 5.63 Å². The van der Waals surface area contributed by atoms with Crippen LogP contribution >= 0.6 is 0 Å². The lowest BCUT2D eigenvalue weighted by Gasteiger charge is -2.17. The van der Waals surface area contributed by atoms with Crippen LogP contribution in [0, 0.1) is 12.8 Å². The Bertz CT molecular complexity index is 895. The van der Waals surface area contributed by atoms with Crippen molar-refractivity contribution in [1.82, 2.24) is 15.1 Å². The summed E-state index contributed by atoms with van der Waals surface area (Å²) >= 11 is 0. The maximum atomic E-state index is 13.0. The topological polar surface area (TPSA) is 79.2 Å². The van der Waals surface area contributed by atoms with Gasteiger partial charge in [-0.05, 0) is 62.1 Å². The van der Waals surface area contributed by atoms with Crippen molar-refractivity contribution in [3.8, 4) is 0 Å². The quantitative estimate of drug-likeness (QED) is 0.767. The molecule has 3 rings (SSSR count). The molecule has 28 heavy (non-hydrogen) atoms. The molecule has 2 aromatic heterocycles. The van der Waals surface area contributed by atoms with Gasteiger partial charge in [-0.15, -0.1) is 0 Å². The number of hydrogen-bond donors (Lipinski definition) is 1. The van der Waals surface area contributed by atoms with E-state index in [2.05, 4.69) is 24.0 Å². The van der Waals surface area contributed by atoms with E-state index in [1.807, 2.05) is 6.07 Å². The molecule has 1 N–H and O–H groups in total. The molecule has 2 heterocycles. The lowest BCUT2D eigenvalue weighted by molar-refractivity contribution is 0.0777. The molecule has 0 saturated heterocycles. The number of aryl methyl sites for hydroxylation is 3. The third kappa shape index (κ3) is 4.54. The van der Waals surface area contributed by atoms with Crippen LogP contribution in [0.4, 0.5) is 0 Å². The van der Waals surface area contributed by atoms with E-state index in [0.717, 1.165) is 31.4 Å². The summed E-state index contributed by atoms with van der Waals surface area (Å²) in [7, 11) is 1.71. The smallest absolute Gasteiger partial charge is 0.349 e. The number of rotatable bonds is 6. The van der Waals surface area contributed by atoms with Crippen molar-refractivity contribution in [3.63, 3.8) is 0 Å². The summed E-state index contributed by atoms with van der Waals surface area (Å²) in [5.74, 6) is 0.863. The summed E-state index contributed by atoms with van der Waals surface area (Å²) in [4.78, 5) is 27.0. The molecule has 0 radical (unpaired) electrons. The second-order valence-electron chi connectivity index (χ2n) is 8.34. The minimum atomic E-state index is -0.545. The largest absolute Gasteiger partial charge is 0.427 e. The lowest BCUT2D eigenvalue weighted by Crippen LogP contribution is -2.32. The first kappa shape index (κ1) is 20.4. The fourth-order valence-electron chi connectivity index (χ4n) is 3.83. The van der Waals surface area contributed by atoms with E-state index >= 15 is 0 Å². The number of hydrogen-bond acceptors (Lipinski definition) is 4. The monoisotopic (exact) mass is 385 g/mol. The Labute approximate surface area is 166 Å². The van der Waals surface area contributed by atoms with Crippen molar-refractivity contribution < 1.29 is 9.21 Å². The van der Waals surface area contributed by atoms with Gasteiger partial charge in [0.1, 0.15) is 11.3 Å². The Balaban J connectivity index is 1.77. The van der Waals surface area contributed by atoms with Crippen LogP contribution in [0.2, 0.25) is 0 Å². The number of carbonyl (C=O) groups is 1. The molecule has 1 amide bonds. The van der Waals surface area contributed by atoms with Crippen molar-refractivity contribution in [2.24, 2.45) is 5.92 Å². The van der Waals surface area contributed by atoms with Crippen LogP contribution in [0.25, 0.3) is 0 Å². The summed E-state index contributed by atoms with van der Waals surface area (Å²) in [5, 5.41) is 7.57. The van der Waals surface area contributed by atoms with Gasteiger partial charge in [-0.2, -0.15) is 5.10 Å². The normalized spacial score (nSPS) is 14.0. The number of aromatic nitrogens is 2. The van der Waals surface area contributed by atoms with E-state index in [4.69, 9.17) is 4.42 Å². The van der Waals surface area contributed by atoms with Crippen LogP contribution in [0.5, 0.6) is 0 Å². The molecule has 0 aromatic carbocycles. The number of aromatic amines is 1. The predicted molar refractivity (Wildman–Crippen MR) is 109 cm³/mol. The average molecular weight is 386 g/mol.